The van der Waals surface area contributed by atoms with E-state index in [1.54, 1.807) is 0 Å². The number of aromatic nitrogens is 3. The largest absolute Gasteiger partial charge is 0.481 e. The summed E-state index contributed by atoms with van der Waals surface area (Å²) in [4.78, 5) is 18.2. The number of carbonyl (C=O) groups is 1. The van der Waals surface area contributed by atoms with Crippen molar-refractivity contribution in [3.05, 3.63) is 34.1 Å². The topological polar surface area (TPSA) is 70.4 Å². The van der Waals surface area contributed by atoms with Crippen molar-refractivity contribution in [3.8, 4) is 0 Å². The van der Waals surface area contributed by atoms with Crippen LogP contribution >= 0.6 is 15.9 Å². The molecule has 2 aromatic heterocycles. The van der Waals surface area contributed by atoms with Gasteiger partial charge in [-0.1, -0.05) is 6.07 Å². The molecule has 92 valence electrons. The third kappa shape index (κ3) is 1.60. The fourth-order valence-electron chi connectivity index (χ4n) is 2.06. The van der Waals surface area contributed by atoms with Crippen molar-refractivity contribution < 1.29 is 9.90 Å². The lowest BCUT2D eigenvalue weighted by atomic mass is 10.2. The molecule has 0 bridgehead atoms. The maximum absolute atomic E-state index is 10.8. The Labute approximate surface area is 111 Å². The van der Waals surface area contributed by atoms with Gasteiger partial charge in [0.05, 0.1) is 23.1 Å². The zero-order valence-electron chi connectivity index (χ0n) is 9.57. The van der Waals surface area contributed by atoms with Crippen LogP contribution in [0.15, 0.2) is 22.8 Å². The van der Waals surface area contributed by atoms with E-state index in [-0.39, 0.29) is 6.42 Å². The van der Waals surface area contributed by atoms with Crippen molar-refractivity contribution in [2.24, 2.45) is 0 Å². The fraction of sp³-hybridized carbons (Fsp3) is 0.167. The number of halogens is 1. The van der Waals surface area contributed by atoms with E-state index in [2.05, 4.69) is 25.9 Å². The molecule has 6 heteroatoms. The molecule has 18 heavy (non-hydrogen) atoms. The lowest BCUT2D eigenvalue weighted by Crippen LogP contribution is -2.01. The number of fused-ring (bicyclic) bond motifs is 3. The van der Waals surface area contributed by atoms with Crippen molar-refractivity contribution in [2.45, 2.75) is 13.3 Å². The number of carboxylic acids is 1. The fourth-order valence-corrected chi connectivity index (χ4v) is 2.66. The predicted molar refractivity (Wildman–Crippen MR) is 70.8 cm³/mol. The zero-order chi connectivity index (χ0) is 12.9. The van der Waals surface area contributed by atoms with E-state index in [1.165, 1.54) is 0 Å². The molecular formula is C12H10BrN3O2. The summed E-state index contributed by atoms with van der Waals surface area (Å²) in [5.41, 5.74) is 3.61. The molecule has 2 heterocycles. The van der Waals surface area contributed by atoms with Crippen LogP contribution in [-0.2, 0) is 11.2 Å². The van der Waals surface area contributed by atoms with Gasteiger partial charge < -0.3 is 10.1 Å². The number of nitrogens with zero attached hydrogens (tertiary/aromatic N) is 2. The predicted octanol–water partition coefficient (Wildman–Crippen LogP) is 2.51. The standard InChI is InChI=1S/C12H10BrN3O2/c1-6-2-3-9-7(4-6)14-12-15-8(5-10(17)18)11(13)16(9)12/h2-4H,5H2,1H3,(H,14,15)(H,17,18). The molecule has 3 aromatic rings. The minimum Gasteiger partial charge on any atom is -0.481 e. The van der Waals surface area contributed by atoms with Gasteiger partial charge in [0.25, 0.3) is 0 Å². The highest BCUT2D eigenvalue weighted by molar-refractivity contribution is 9.10. The Morgan fingerprint density at radius 1 is 1.56 bits per heavy atom. The molecule has 0 saturated heterocycles. The van der Waals surface area contributed by atoms with Crippen LogP contribution in [0.25, 0.3) is 16.8 Å². The van der Waals surface area contributed by atoms with E-state index in [4.69, 9.17) is 5.11 Å². The lowest BCUT2D eigenvalue weighted by Gasteiger charge is -1.96. The number of aliphatic carboxylic acids is 1. The Bertz CT molecular complexity index is 772. The van der Waals surface area contributed by atoms with E-state index >= 15 is 0 Å². The molecule has 0 fully saturated rings. The number of hydrogen-bond donors (Lipinski definition) is 2. The summed E-state index contributed by atoms with van der Waals surface area (Å²) in [6.45, 7) is 2.01. The Kier molecular flexibility index (Phi) is 2.41. The summed E-state index contributed by atoms with van der Waals surface area (Å²) >= 11 is 3.43. The summed E-state index contributed by atoms with van der Waals surface area (Å²) in [6.07, 6.45) is -0.0582. The number of aryl methyl sites for hydroxylation is 1. The van der Waals surface area contributed by atoms with Crippen LogP contribution < -0.4 is 0 Å². The molecule has 1 aromatic carbocycles. The van der Waals surface area contributed by atoms with Crippen LogP contribution in [0.2, 0.25) is 0 Å². The average Bonchev–Trinajstić information content (AvgIpc) is 2.76. The van der Waals surface area contributed by atoms with Crippen molar-refractivity contribution in [1.29, 1.82) is 0 Å². The first-order chi connectivity index (χ1) is 8.56. The lowest BCUT2D eigenvalue weighted by molar-refractivity contribution is -0.136. The maximum atomic E-state index is 10.8. The second-order valence-electron chi connectivity index (χ2n) is 4.23. The Balaban J connectivity index is 2.29. The van der Waals surface area contributed by atoms with Crippen molar-refractivity contribution in [1.82, 2.24) is 14.4 Å². The molecule has 0 atom stereocenters. The van der Waals surface area contributed by atoms with Gasteiger partial charge in [-0.2, -0.15) is 0 Å². The SMILES string of the molecule is Cc1ccc2c(c1)nc1[nH]c(CC(=O)O)c(Br)n12. The van der Waals surface area contributed by atoms with Gasteiger partial charge in [0.2, 0.25) is 5.78 Å². The smallest absolute Gasteiger partial charge is 0.309 e. The number of benzene rings is 1. The van der Waals surface area contributed by atoms with Crippen LogP contribution in [0.4, 0.5) is 0 Å². The Morgan fingerprint density at radius 2 is 2.33 bits per heavy atom. The number of aromatic amines is 1. The summed E-state index contributed by atoms with van der Waals surface area (Å²) in [7, 11) is 0. The van der Waals surface area contributed by atoms with E-state index in [0.717, 1.165) is 16.6 Å². The quantitative estimate of drug-likeness (QED) is 0.764. The molecule has 0 aliphatic rings. The minimum atomic E-state index is -0.875. The van der Waals surface area contributed by atoms with Crippen LogP contribution in [0.1, 0.15) is 11.3 Å². The average molecular weight is 308 g/mol. The first kappa shape index (κ1) is 11.3. The molecular weight excluding hydrogens is 298 g/mol. The van der Waals surface area contributed by atoms with E-state index in [0.29, 0.717) is 16.1 Å². The Hall–Kier alpha value is -1.82. The van der Waals surface area contributed by atoms with Gasteiger partial charge in [0, 0.05) is 0 Å². The number of H-pyrrole nitrogens is 1. The van der Waals surface area contributed by atoms with Crippen molar-refractivity contribution in [2.75, 3.05) is 0 Å². The van der Waals surface area contributed by atoms with Gasteiger partial charge in [-0.25, -0.2) is 4.98 Å². The summed E-state index contributed by atoms with van der Waals surface area (Å²) < 4.78 is 2.60. The van der Waals surface area contributed by atoms with Crippen LogP contribution in [0, 0.1) is 6.92 Å². The number of carboxylic acid groups (broad SMARTS) is 1. The van der Waals surface area contributed by atoms with Crippen LogP contribution in [-0.4, -0.2) is 25.4 Å². The number of rotatable bonds is 2. The number of imidazole rings is 2. The van der Waals surface area contributed by atoms with Gasteiger partial charge in [0.1, 0.15) is 4.60 Å². The summed E-state index contributed by atoms with van der Waals surface area (Å²) in [5.74, 6) is -0.223. The van der Waals surface area contributed by atoms with Gasteiger partial charge in [-0.15, -0.1) is 0 Å². The first-order valence-electron chi connectivity index (χ1n) is 5.43. The zero-order valence-corrected chi connectivity index (χ0v) is 11.2. The Morgan fingerprint density at radius 3 is 3.06 bits per heavy atom. The molecule has 3 rings (SSSR count). The van der Waals surface area contributed by atoms with Crippen molar-refractivity contribution in [3.63, 3.8) is 0 Å². The van der Waals surface area contributed by atoms with Crippen molar-refractivity contribution >= 4 is 38.7 Å². The molecule has 0 spiro atoms. The highest BCUT2D eigenvalue weighted by Gasteiger charge is 2.15. The monoisotopic (exact) mass is 307 g/mol. The third-order valence-electron chi connectivity index (χ3n) is 2.85. The third-order valence-corrected chi connectivity index (χ3v) is 3.68. The molecule has 0 saturated carbocycles. The van der Waals surface area contributed by atoms with Crippen LogP contribution in [0.3, 0.4) is 0 Å². The molecule has 5 nitrogen and oxygen atoms in total. The minimum absolute atomic E-state index is 0.0582. The summed E-state index contributed by atoms with van der Waals surface area (Å²) in [5, 5.41) is 8.83. The van der Waals surface area contributed by atoms with Crippen LogP contribution in [0.5, 0.6) is 0 Å². The van der Waals surface area contributed by atoms with Gasteiger partial charge in [0.15, 0.2) is 0 Å². The van der Waals surface area contributed by atoms with Gasteiger partial charge in [-0.05, 0) is 40.5 Å². The second-order valence-corrected chi connectivity index (χ2v) is 4.98. The number of hydrogen-bond acceptors (Lipinski definition) is 2. The molecule has 0 aliphatic heterocycles. The molecule has 0 aliphatic carbocycles. The van der Waals surface area contributed by atoms with E-state index < -0.39 is 5.97 Å². The molecule has 0 amide bonds. The first-order valence-corrected chi connectivity index (χ1v) is 6.22. The normalized spacial score (nSPS) is 11.4. The highest BCUT2D eigenvalue weighted by Crippen LogP contribution is 2.25. The molecule has 0 unspecified atom stereocenters. The van der Waals surface area contributed by atoms with E-state index in [1.807, 2.05) is 29.5 Å². The molecule has 0 radical (unpaired) electrons. The highest BCUT2D eigenvalue weighted by atomic mass is 79.9. The second kappa shape index (κ2) is 3.84. The van der Waals surface area contributed by atoms with Gasteiger partial charge in [-0.3, -0.25) is 9.20 Å². The van der Waals surface area contributed by atoms with Gasteiger partial charge >= 0.3 is 5.97 Å². The molecule has 2 N–H and O–H groups in total. The number of nitrogens with one attached hydrogen (secondary N) is 1. The van der Waals surface area contributed by atoms with E-state index in [9.17, 15) is 4.79 Å². The maximum Gasteiger partial charge on any atom is 0.309 e. The summed E-state index contributed by atoms with van der Waals surface area (Å²) in [6, 6.07) is 5.99.